The Balaban J connectivity index is 1.48. The van der Waals surface area contributed by atoms with Gasteiger partial charge in [-0.25, -0.2) is 9.97 Å². The first-order valence-electron chi connectivity index (χ1n) is 9.54. The number of aliphatic hydroxyl groups is 1. The number of imidazole rings is 1. The highest BCUT2D eigenvalue weighted by molar-refractivity contribution is 5.75. The number of hydrogen-bond donors (Lipinski definition) is 2. The summed E-state index contributed by atoms with van der Waals surface area (Å²) >= 11 is 0. The number of nitrogens with zero attached hydrogens (tertiary/aromatic N) is 4. The summed E-state index contributed by atoms with van der Waals surface area (Å²) in [7, 11) is 0. The third kappa shape index (κ3) is 3.25. The van der Waals surface area contributed by atoms with E-state index >= 15 is 0 Å². The van der Waals surface area contributed by atoms with Crippen molar-refractivity contribution in [2.75, 3.05) is 5.32 Å². The van der Waals surface area contributed by atoms with Gasteiger partial charge in [0, 0.05) is 17.8 Å². The van der Waals surface area contributed by atoms with E-state index in [2.05, 4.69) is 15.3 Å². The summed E-state index contributed by atoms with van der Waals surface area (Å²) < 4.78 is 7.13. The molecule has 1 aliphatic rings. The Labute approximate surface area is 162 Å². The normalized spacial score (nSPS) is 19.8. The van der Waals surface area contributed by atoms with Gasteiger partial charge in [-0.15, -0.1) is 0 Å². The highest BCUT2D eigenvalue weighted by Crippen LogP contribution is 2.25. The molecule has 5 rings (SSSR count). The Morgan fingerprint density at radius 2 is 2.11 bits per heavy atom. The van der Waals surface area contributed by atoms with Crippen molar-refractivity contribution in [1.29, 1.82) is 0 Å². The van der Waals surface area contributed by atoms with Gasteiger partial charge >= 0.3 is 0 Å². The van der Waals surface area contributed by atoms with Crippen LogP contribution in [0.2, 0.25) is 0 Å². The number of hydrogen-bond acceptors (Lipinski definition) is 6. The van der Waals surface area contributed by atoms with Crippen molar-refractivity contribution >= 4 is 17.0 Å². The fraction of sp³-hybridized carbons (Fsp3) is 0.286. The molecule has 142 valence electrons. The van der Waals surface area contributed by atoms with Crippen molar-refractivity contribution in [2.45, 2.75) is 37.8 Å². The number of pyridine rings is 2. The highest BCUT2D eigenvalue weighted by Gasteiger charge is 2.20. The van der Waals surface area contributed by atoms with Crippen LogP contribution in [0.4, 0.5) is 5.82 Å². The van der Waals surface area contributed by atoms with Crippen LogP contribution in [0, 0.1) is 0 Å². The summed E-state index contributed by atoms with van der Waals surface area (Å²) in [6, 6.07) is 9.98. The van der Waals surface area contributed by atoms with Gasteiger partial charge in [-0.2, -0.15) is 0 Å². The van der Waals surface area contributed by atoms with Crippen LogP contribution in [0.5, 0.6) is 0 Å². The van der Waals surface area contributed by atoms with Gasteiger partial charge in [0.05, 0.1) is 30.0 Å². The standard InChI is InChI=1S/C21H21N5O2/c27-17-3-1-2-15(10-17)24-20-5-4-18-21(25-20)26(13-23-18)16-6-8-22-19(11-16)14-7-9-28-12-14/h4-9,11-13,15,17,27H,1-3,10H2,(H,24,25)/t15-,17+/m1/s1. The number of aliphatic hydroxyl groups excluding tert-OH is 1. The van der Waals surface area contributed by atoms with Gasteiger partial charge in [-0.1, -0.05) is 0 Å². The Morgan fingerprint density at radius 3 is 2.96 bits per heavy atom. The number of nitrogens with one attached hydrogen (secondary N) is 1. The quantitative estimate of drug-likeness (QED) is 0.564. The van der Waals surface area contributed by atoms with Gasteiger partial charge < -0.3 is 14.8 Å². The van der Waals surface area contributed by atoms with Gasteiger partial charge in [0.2, 0.25) is 0 Å². The van der Waals surface area contributed by atoms with Crippen molar-refractivity contribution in [2.24, 2.45) is 0 Å². The minimum atomic E-state index is -0.223. The van der Waals surface area contributed by atoms with E-state index in [1.807, 2.05) is 34.9 Å². The molecule has 0 unspecified atom stereocenters. The molecule has 2 N–H and O–H groups in total. The minimum absolute atomic E-state index is 0.223. The molecule has 0 bridgehead atoms. The van der Waals surface area contributed by atoms with Crippen LogP contribution in [-0.4, -0.2) is 36.8 Å². The molecule has 7 nitrogen and oxygen atoms in total. The number of aromatic nitrogens is 4. The fourth-order valence-electron chi connectivity index (χ4n) is 3.80. The Kier molecular flexibility index (Phi) is 4.29. The molecule has 1 saturated carbocycles. The van der Waals surface area contributed by atoms with E-state index in [9.17, 15) is 5.11 Å². The first kappa shape index (κ1) is 16.9. The third-order valence-corrected chi connectivity index (χ3v) is 5.23. The average Bonchev–Trinajstić information content (AvgIpc) is 3.38. The molecular weight excluding hydrogens is 354 g/mol. The maximum absolute atomic E-state index is 9.91. The zero-order valence-corrected chi connectivity index (χ0v) is 15.3. The Bertz CT molecular complexity index is 1090. The SMILES string of the molecule is O[C@H]1CCC[C@@H](Nc2ccc3ncn(-c4ccnc(-c5ccoc5)c4)c3n2)C1. The first-order chi connectivity index (χ1) is 13.8. The van der Waals surface area contributed by atoms with E-state index < -0.39 is 0 Å². The van der Waals surface area contributed by atoms with E-state index in [0.29, 0.717) is 0 Å². The molecule has 4 heterocycles. The van der Waals surface area contributed by atoms with Gasteiger partial charge in [0.1, 0.15) is 17.7 Å². The lowest BCUT2D eigenvalue weighted by Gasteiger charge is -2.27. The van der Waals surface area contributed by atoms with Crippen molar-refractivity contribution < 1.29 is 9.52 Å². The van der Waals surface area contributed by atoms with Gasteiger partial charge in [0.25, 0.3) is 0 Å². The largest absolute Gasteiger partial charge is 0.472 e. The molecule has 1 aliphatic carbocycles. The van der Waals surface area contributed by atoms with E-state index in [1.54, 1.807) is 25.1 Å². The maximum Gasteiger partial charge on any atom is 0.166 e. The summed E-state index contributed by atoms with van der Waals surface area (Å²) in [4.78, 5) is 13.7. The molecule has 7 heteroatoms. The number of anilines is 1. The highest BCUT2D eigenvalue weighted by atomic mass is 16.3. The second-order valence-corrected chi connectivity index (χ2v) is 7.23. The summed E-state index contributed by atoms with van der Waals surface area (Å²) in [6.07, 6.45) is 10.4. The van der Waals surface area contributed by atoms with Crippen LogP contribution in [0.1, 0.15) is 25.7 Å². The second kappa shape index (κ2) is 7.09. The van der Waals surface area contributed by atoms with Crippen LogP contribution < -0.4 is 5.32 Å². The second-order valence-electron chi connectivity index (χ2n) is 7.23. The fourth-order valence-corrected chi connectivity index (χ4v) is 3.80. The van der Waals surface area contributed by atoms with Crippen molar-refractivity contribution in [3.63, 3.8) is 0 Å². The van der Waals surface area contributed by atoms with Crippen LogP contribution in [0.3, 0.4) is 0 Å². The summed E-state index contributed by atoms with van der Waals surface area (Å²) in [5, 5.41) is 13.4. The lowest BCUT2D eigenvalue weighted by molar-refractivity contribution is 0.124. The van der Waals surface area contributed by atoms with Crippen molar-refractivity contribution in [3.8, 4) is 16.9 Å². The first-order valence-corrected chi connectivity index (χ1v) is 9.54. The predicted octanol–water partition coefficient (Wildman–Crippen LogP) is 3.79. The molecule has 0 saturated heterocycles. The van der Waals surface area contributed by atoms with Crippen LogP contribution >= 0.6 is 0 Å². The van der Waals surface area contributed by atoms with Crippen LogP contribution in [0.15, 0.2) is 59.8 Å². The predicted molar refractivity (Wildman–Crippen MR) is 106 cm³/mol. The van der Waals surface area contributed by atoms with E-state index in [-0.39, 0.29) is 12.1 Å². The molecule has 0 aliphatic heterocycles. The lowest BCUT2D eigenvalue weighted by atomic mass is 9.93. The summed E-state index contributed by atoms with van der Waals surface area (Å²) in [5.74, 6) is 0.803. The zero-order chi connectivity index (χ0) is 18.9. The molecular formula is C21H21N5O2. The van der Waals surface area contributed by atoms with Crippen LogP contribution in [0.25, 0.3) is 28.1 Å². The smallest absolute Gasteiger partial charge is 0.166 e. The monoisotopic (exact) mass is 375 g/mol. The van der Waals surface area contributed by atoms with E-state index in [1.165, 1.54) is 0 Å². The molecule has 28 heavy (non-hydrogen) atoms. The van der Waals surface area contributed by atoms with Crippen LogP contribution in [-0.2, 0) is 0 Å². The molecule has 4 aromatic heterocycles. The average molecular weight is 375 g/mol. The maximum atomic E-state index is 9.91. The van der Waals surface area contributed by atoms with Gasteiger partial charge in [-0.05, 0) is 56.0 Å². The molecule has 2 atom stereocenters. The van der Waals surface area contributed by atoms with Crippen molar-refractivity contribution in [1.82, 2.24) is 19.5 Å². The summed E-state index contributed by atoms with van der Waals surface area (Å²) in [6.45, 7) is 0. The van der Waals surface area contributed by atoms with E-state index in [4.69, 9.17) is 9.40 Å². The number of rotatable bonds is 4. The molecule has 1 fully saturated rings. The molecule has 0 amide bonds. The number of fused-ring (bicyclic) bond motifs is 1. The van der Waals surface area contributed by atoms with E-state index in [0.717, 1.165) is 59.6 Å². The topological polar surface area (TPSA) is 89.0 Å². The third-order valence-electron chi connectivity index (χ3n) is 5.23. The lowest BCUT2D eigenvalue weighted by Crippen LogP contribution is -2.30. The molecule has 0 radical (unpaired) electrons. The molecule has 0 spiro atoms. The van der Waals surface area contributed by atoms with Crippen molar-refractivity contribution in [3.05, 3.63) is 55.4 Å². The molecule has 4 aromatic rings. The molecule has 0 aromatic carbocycles. The van der Waals surface area contributed by atoms with Gasteiger partial charge in [0.15, 0.2) is 5.65 Å². The summed E-state index contributed by atoms with van der Waals surface area (Å²) in [5.41, 5.74) is 4.31. The number of furan rings is 1. The zero-order valence-electron chi connectivity index (χ0n) is 15.3. The minimum Gasteiger partial charge on any atom is -0.472 e. The van der Waals surface area contributed by atoms with Gasteiger partial charge in [-0.3, -0.25) is 9.55 Å². The Hall–Kier alpha value is -3.19. The Morgan fingerprint density at radius 1 is 1.14 bits per heavy atom.